The summed E-state index contributed by atoms with van der Waals surface area (Å²) in [7, 11) is 0. The van der Waals surface area contributed by atoms with E-state index in [-0.39, 0.29) is 17.7 Å². The number of ether oxygens (including phenoxy) is 1. The Bertz CT molecular complexity index is 1420. The van der Waals surface area contributed by atoms with E-state index in [4.69, 9.17) is 4.74 Å². The van der Waals surface area contributed by atoms with Crippen LogP contribution in [0.15, 0.2) is 103 Å². The van der Waals surface area contributed by atoms with Crippen molar-refractivity contribution >= 4 is 17.3 Å². The molecule has 0 unspecified atom stereocenters. The van der Waals surface area contributed by atoms with Crippen molar-refractivity contribution in [3.8, 4) is 5.75 Å². The number of hydrogen-bond acceptors (Lipinski definition) is 5. The van der Waals surface area contributed by atoms with Gasteiger partial charge in [-0.25, -0.2) is 0 Å². The quantitative estimate of drug-likeness (QED) is 0.195. The van der Waals surface area contributed by atoms with Crippen LogP contribution in [-0.4, -0.2) is 21.8 Å². The largest absolute Gasteiger partial charge is 0.491 e. The lowest BCUT2D eigenvalue weighted by Gasteiger charge is -2.46. The summed E-state index contributed by atoms with van der Waals surface area (Å²) < 4.78 is 5.86. The summed E-state index contributed by atoms with van der Waals surface area (Å²) in [6, 6.07) is 32.2. The molecule has 0 N–H and O–H groups in total. The van der Waals surface area contributed by atoms with Crippen molar-refractivity contribution in [1.82, 2.24) is 4.90 Å². The molecule has 38 heavy (non-hydrogen) atoms. The number of nitro benzene ring substituents is 1. The highest BCUT2D eigenvalue weighted by Crippen LogP contribution is 2.42. The van der Waals surface area contributed by atoms with Crippen LogP contribution in [0.25, 0.3) is 0 Å². The summed E-state index contributed by atoms with van der Waals surface area (Å²) in [5, 5.41) is 11.6. The van der Waals surface area contributed by atoms with Crippen LogP contribution in [0.3, 0.4) is 0 Å². The van der Waals surface area contributed by atoms with E-state index in [1.807, 2.05) is 98.8 Å². The Labute approximate surface area is 222 Å². The molecule has 0 bridgehead atoms. The molecule has 1 aliphatic rings. The van der Waals surface area contributed by atoms with E-state index < -0.39 is 11.1 Å². The second-order valence-corrected chi connectivity index (χ2v) is 9.60. The monoisotopic (exact) mass is 507 g/mol. The Morgan fingerprint density at radius 1 is 0.816 bits per heavy atom. The number of hydrogen-bond donors (Lipinski definition) is 0. The lowest BCUT2D eigenvalue weighted by atomic mass is 9.98. The van der Waals surface area contributed by atoms with Gasteiger partial charge in [-0.05, 0) is 48.7 Å². The molecule has 1 aliphatic heterocycles. The Morgan fingerprint density at radius 2 is 1.39 bits per heavy atom. The van der Waals surface area contributed by atoms with Crippen molar-refractivity contribution in [2.45, 2.75) is 39.2 Å². The Hall–Kier alpha value is -4.65. The normalized spacial score (nSPS) is 14.9. The highest BCUT2D eigenvalue weighted by molar-refractivity contribution is 6.02. The number of nitrogens with zero attached hydrogens (tertiary/aromatic N) is 3. The molecule has 0 radical (unpaired) electrons. The molecule has 4 aromatic carbocycles. The maximum Gasteiger partial charge on any atom is 0.270 e. The van der Waals surface area contributed by atoms with Gasteiger partial charge in [0.25, 0.3) is 11.6 Å². The zero-order valence-corrected chi connectivity index (χ0v) is 21.4. The van der Waals surface area contributed by atoms with Crippen LogP contribution in [0, 0.1) is 10.1 Å². The van der Waals surface area contributed by atoms with Gasteiger partial charge in [0.15, 0.2) is 0 Å². The van der Waals surface area contributed by atoms with Gasteiger partial charge >= 0.3 is 0 Å². The van der Waals surface area contributed by atoms with E-state index in [9.17, 15) is 14.9 Å². The van der Waals surface area contributed by atoms with Crippen molar-refractivity contribution < 1.29 is 14.5 Å². The molecule has 1 amide bonds. The van der Waals surface area contributed by atoms with Gasteiger partial charge in [-0.3, -0.25) is 14.9 Å². The number of nitro groups is 1. The average molecular weight is 508 g/mol. The van der Waals surface area contributed by atoms with Crippen molar-refractivity contribution in [3.05, 3.63) is 135 Å². The van der Waals surface area contributed by atoms with Crippen LogP contribution in [0.1, 0.15) is 47.1 Å². The SMILES string of the molecule is CC(C)Oc1ccc([C@H]2N(Cc3ccccc3)C(=O)c3cc([N+](=O)[O-])ccc3N2Cc2ccccc2)cc1. The number of anilines is 1. The van der Waals surface area contributed by atoms with E-state index in [1.165, 1.54) is 12.1 Å². The molecule has 0 spiro atoms. The maximum absolute atomic E-state index is 14.0. The summed E-state index contributed by atoms with van der Waals surface area (Å²) in [5.74, 6) is 0.510. The summed E-state index contributed by atoms with van der Waals surface area (Å²) in [6.07, 6.45) is -0.395. The molecule has 4 aromatic rings. The van der Waals surface area contributed by atoms with E-state index in [0.717, 1.165) is 22.4 Å². The fourth-order valence-electron chi connectivity index (χ4n) is 4.87. The highest BCUT2D eigenvalue weighted by atomic mass is 16.6. The fraction of sp³-hybridized carbons (Fsp3) is 0.194. The third-order valence-corrected chi connectivity index (χ3v) is 6.52. The summed E-state index contributed by atoms with van der Waals surface area (Å²) in [4.78, 5) is 29.1. The Balaban J connectivity index is 1.66. The zero-order chi connectivity index (χ0) is 26.6. The first-order valence-corrected chi connectivity index (χ1v) is 12.6. The number of carbonyl (C=O) groups is 1. The van der Waals surface area contributed by atoms with Gasteiger partial charge < -0.3 is 14.5 Å². The van der Waals surface area contributed by atoms with Crippen LogP contribution < -0.4 is 9.64 Å². The van der Waals surface area contributed by atoms with Gasteiger partial charge in [0.1, 0.15) is 11.9 Å². The molecule has 0 saturated heterocycles. The average Bonchev–Trinajstić information content (AvgIpc) is 2.92. The topological polar surface area (TPSA) is 75.9 Å². The lowest BCUT2D eigenvalue weighted by Crippen LogP contribution is -2.48. The van der Waals surface area contributed by atoms with Crippen LogP contribution in [-0.2, 0) is 13.1 Å². The number of fused-ring (bicyclic) bond motifs is 1. The van der Waals surface area contributed by atoms with Gasteiger partial charge in [-0.15, -0.1) is 0 Å². The second kappa shape index (κ2) is 10.8. The third kappa shape index (κ3) is 5.22. The molecule has 0 fully saturated rings. The van der Waals surface area contributed by atoms with E-state index >= 15 is 0 Å². The first-order valence-electron chi connectivity index (χ1n) is 12.6. The summed E-state index contributed by atoms with van der Waals surface area (Å²) in [6.45, 7) is 4.82. The van der Waals surface area contributed by atoms with Gasteiger partial charge in [-0.2, -0.15) is 0 Å². The van der Waals surface area contributed by atoms with Crippen LogP contribution in [0.5, 0.6) is 5.75 Å². The molecular formula is C31H29N3O4. The minimum absolute atomic E-state index is 0.0453. The van der Waals surface area contributed by atoms with Gasteiger partial charge in [-0.1, -0.05) is 72.8 Å². The van der Waals surface area contributed by atoms with Gasteiger partial charge in [0, 0.05) is 25.2 Å². The van der Waals surface area contributed by atoms with Crippen molar-refractivity contribution in [2.24, 2.45) is 0 Å². The third-order valence-electron chi connectivity index (χ3n) is 6.52. The first kappa shape index (κ1) is 25.0. The predicted molar refractivity (Wildman–Crippen MR) is 147 cm³/mol. The van der Waals surface area contributed by atoms with Crippen molar-refractivity contribution in [3.63, 3.8) is 0 Å². The number of benzene rings is 4. The van der Waals surface area contributed by atoms with Crippen LogP contribution in [0.2, 0.25) is 0 Å². The standard InChI is InChI=1S/C31H29N3O4/c1-22(2)38-27-16-13-25(14-17-27)30-32(20-23-9-5-3-6-10-23)29-18-15-26(34(36)37)19-28(29)31(35)33(30)21-24-11-7-4-8-12-24/h3-19,22,30H,20-21H2,1-2H3/t30-/m1/s1. The Kier molecular flexibility index (Phi) is 7.09. The molecule has 0 aliphatic carbocycles. The van der Waals surface area contributed by atoms with Crippen LogP contribution >= 0.6 is 0 Å². The smallest absolute Gasteiger partial charge is 0.270 e. The molecule has 7 nitrogen and oxygen atoms in total. The summed E-state index contributed by atoms with van der Waals surface area (Å²) >= 11 is 0. The zero-order valence-electron chi connectivity index (χ0n) is 21.4. The van der Waals surface area contributed by atoms with Crippen LogP contribution in [0.4, 0.5) is 11.4 Å². The molecule has 1 heterocycles. The molecular weight excluding hydrogens is 478 g/mol. The first-order chi connectivity index (χ1) is 18.4. The summed E-state index contributed by atoms with van der Waals surface area (Å²) in [5.41, 5.74) is 3.84. The number of amides is 1. The number of rotatable bonds is 8. The predicted octanol–water partition coefficient (Wildman–Crippen LogP) is 6.74. The number of carbonyl (C=O) groups excluding carboxylic acids is 1. The van der Waals surface area contributed by atoms with Gasteiger partial charge in [0.05, 0.1) is 22.3 Å². The van der Waals surface area contributed by atoms with Crippen molar-refractivity contribution in [2.75, 3.05) is 4.90 Å². The molecule has 0 saturated carbocycles. The van der Waals surface area contributed by atoms with E-state index in [1.54, 1.807) is 11.0 Å². The minimum atomic E-state index is -0.462. The minimum Gasteiger partial charge on any atom is -0.491 e. The van der Waals surface area contributed by atoms with Crippen molar-refractivity contribution in [1.29, 1.82) is 0 Å². The lowest BCUT2D eigenvalue weighted by molar-refractivity contribution is -0.384. The van der Waals surface area contributed by atoms with Gasteiger partial charge in [0.2, 0.25) is 0 Å². The fourth-order valence-corrected chi connectivity index (χ4v) is 4.87. The highest BCUT2D eigenvalue weighted by Gasteiger charge is 2.39. The molecule has 192 valence electrons. The molecule has 5 rings (SSSR count). The molecule has 7 heteroatoms. The second-order valence-electron chi connectivity index (χ2n) is 9.60. The molecule has 1 atom stereocenters. The van der Waals surface area contributed by atoms with E-state index in [0.29, 0.717) is 24.3 Å². The maximum atomic E-state index is 14.0. The Morgan fingerprint density at radius 3 is 1.95 bits per heavy atom. The molecule has 0 aromatic heterocycles. The number of non-ortho nitro benzene ring substituents is 1. The van der Waals surface area contributed by atoms with E-state index in [2.05, 4.69) is 4.90 Å².